The van der Waals surface area contributed by atoms with Crippen LogP contribution in [0.2, 0.25) is 0 Å². The number of hydrogen-bond donors (Lipinski definition) is 7. The van der Waals surface area contributed by atoms with Crippen LogP contribution in [0.5, 0.6) is 0 Å². The number of primary amides is 1. The number of aromatic nitrogens is 1. The monoisotopic (exact) mass is 514 g/mol. The van der Waals surface area contributed by atoms with Gasteiger partial charge in [-0.05, 0) is 36.9 Å². The van der Waals surface area contributed by atoms with Gasteiger partial charge in [-0.15, -0.1) is 0 Å². The second kappa shape index (κ2) is 12.3. The molecular weight excluding hydrogens is 480 g/mol. The molecule has 0 bridgehead atoms. The highest BCUT2D eigenvalue weighted by Gasteiger charge is 2.33. The summed E-state index contributed by atoms with van der Waals surface area (Å²) in [6, 6.07) is 3.36. The molecule has 2 aromatic rings. The summed E-state index contributed by atoms with van der Waals surface area (Å²) in [6.45, 7) is 4.27. The van der Waals surface area contributed by atoms with Gasteiger partial charge < -0.3 is 37.1 Å². The second-order valence-corrected chi connectivity index (χ2v) is 9.57. The summed E-state index contributed by atoms with van der Waals surface area (Å²) >= 11 is 0. The number of carbonyl (C=O) groups is 5. The molecule has 2 heterocycles. The number of nitrogens with one attached hydrogen (secondary N) is 5. The standard InChI is InChI=1S/C25H34N6O6/c1-13(2)21(31-22(33)17-8-5-9-27-17)24(35)29-18(23(34)30-19(25(36)37)11-20(26)32)10-14-12-28-16-7-4-3-6-15(14)16/h3-4,6-7,12-13,17-19,21,27-28H,5,8-11H2,1-2H3,(H2,26,32)(H,29,35)(H,30,34)(H,31,33)(H,36,37). The van der Waals surface area contributed by atoms with E-state index in [0.29, 0.717) is 6.42 Å². The van der Waals surface area contributed by atoms with Gasteiger partial charge in [0.05, 0.1) is 12.5 Å². The Morgan fingerprint density at radius 1 is 1.05 bits per heavy atom. The van der Waals surface area contributed by atoms with E-state index < -0.39 is 48.2 Å². The molecule has 4 atom stereocenters. The largest absolute Gasteiger partial charge is 0.480 e. The van der Waals surface area contributed by atoms with Crippen LogP contribution in [0.25, 0.3) is 10.9 Å². The summed E-state index contributed by atoms with van der Waals surface area (Å²) in [4.78, 5) is 65.2. The maximum atomic E-state index is 13.3. The number of hydrogen-bond acceptors (Lipinski definition) is 6. The van der Waals surface area contributed by atoms with Crippen molar-refractivity contribution >= 4 is 40.5 Å². The Bertz CT molecular complexity index is 1160. The van der Waals surface area contributed by atoms with Gasteiger partial charge in [-0.2, -0.15) is 0 Å². The number of aliphatic carboxylic acids is 1. The Kier molecular flexibility index (Phi) is 9.23. The highest BCUT2D eigenvalue weighted by molar-refractivity contribution is 5.95. The molecule has 1 aliphatic rings. The van der Waals surface area contributed by atoms with Crippen molar-refractivity contribution < 1.29 is 29.1 Å². The lowest BCUT2D eigenvalue weighted by molar-refractivity contribution is -0.143. The molecule has 4 amide bonds. The number of rotatable bonds is 12. The van der Waals surface area contributed by atoms with Crippen LogP contribution in [0.1, 0.15) is 38.7 Å². The summed E-state index contributed by atoms with van der Waals surface area (Å²) in [5, 5.41) is 21.1. The van der Waals surface area contributed by atoms with Crippen LogP contribution in [0, 0.1) is 5.92 Å². The predicted molar refractivity (Wildman–Crippen MR) is 135 cm³/mol. The number of para-hydroxylation sites is 1. The highest BCUT2D eigenvalue weighted by atomic mass is 16.4. The van der Waals surface area contributed by atoms with Crippen molar-refractivity contribution in [2.24, 2.45) is 11.7 Å². The van der Waals surface area contributed by atoms with E-state index in [1.54, 1.807) is 20.0 Å². The first-order valence-electron chi connectivity index (χ1n) is 12.3. The van der Waals surface area contributed by atoms with E-state index in [9.17, 15) is 29.1 Å². The van der Waals surface area contributed by atoms with Gasteiger partial charge in [0.15, 0.2) is 0 Å². The maximum absolute atomic E-state index is 13.3. The van der Waals surface area contributed by atoms with E-state index in [0.717, 1.165) is 29.4 Å². The number of carboxylic acid groups (broad SMARTS) is 1. The number of aromatic amines is 1. The number of fused-ring (bicyclic) bond motifs is 1. The lowest BCUT2D eigenvalue weighted by Gasteiger charge is -2.27. The zero-order chi connectivity index (χ0) is 27.1. The fourth-order valence-corrected chi connectivity index (χ4v) is 4.36. The fraction of sp³-hybridized carbons (Fsp3) is 0.480. The first kappa shape index (κ1) is 27.7. The van der Waals surface area contributed by atoms with Gasteiger partial charge in [-0.3, -0.25) is 19.2 Å². The molecule has 3 rings (SSSR count). The van der Waals surface area contributed by atoms with Crippen molar-refractivity contribution in [1.82, 2.24) is 26.3 Å². The van der Waals surface area contributed by atoms with Gasteiger partial charge in [0.1, 0.15) is 18.1 Å². The molecule has 8 N–H and O–H groups in total. The minimum atomic E-state index is -1.55. The average molecular weight is 515 g/mol. The Labute approximate surface area is 214 Å². The van der Waals surface area contributed by atoms with Crippen molar-refractivity contribution in [3.05, 3.63) is 36.0 Å². The minimum absolute atomic E-state index is 0.0352. The van der Waals surface area contributed by atoms with Crippen LogP contribution in [0.3, 0.4) is 0 Å². The van der Waals surface area contributed by atoms with Gasteiger partial charge >= 0.3 is 5.97 Å². The summed E-state index contributed by atoms with van der Waals surface area (Å²) in [5.74, 6) is -4.28. The SMILES string of the molecule is CC(C)C(NC(=O)C1CCCN1)C(=O)NC(Cc1c[nH]c2ccccc12)C(=O)NC(CC(N)=O)C(=O)O. The van der Waals surface area contributed by atoms with Crippen LogP contribution < -0.4 is 27.0 Å². The molecule has 4 unspecified atom stereocenters. The summed E-state index contributed by atoms with van der Waals surface area (Å²) < 4.78 is 0. The fourth-order valence-electron chi connectivity index (χ4n) is 4.36. The number of benzene rings is 1. The number of H-pyrrole nitrogens is 1. The Morgan fingerprint density at radius 2 is 1.76 bits per heavy atom. The summed E-state index contributed by atoms with van der Waals surface area (Å²) in [7, 11) is 0. The van der Waals surface area contributed by atoms with E-state index >= 15 is 0 Å². The summed E-state index contributed by atoms with van der Waals surface area (Å²) in [6.07, 6.45) is 2.67. The molecule has 37 heavy (non-hydrogen) atoms. The predicted octanol–water partition coefficient (Wildman–Crippen LogP) is -0.467. The zero-order valence-corrected chi connectivity index (χ0v) is 20.9. The molecule has 0 saturated carbocycles. The van der Waals surface area contributed by atoms with Crippen molar-refractivity contribution in [2.45, 2.75) is 63.7 Å². The zero-order valence-electron chi connectivity index (χ0n) is 20.9. The maximum Gasteiger partial charge on any atom is 0.326 e. The molecule has 0 radical (unpaired) electrons. The molecule has 1 aromatic heterocycles. The smallest absolute Gasteiger partial charge is 0.326 e. The topological polar surface area (TPSA) is 196 Å². The van der Waals surface area contributed by atoms with Crippen molar-refractivity contribution in [3.8, 4) is 0 Å². The minimum Gasteiger partial charge on any atom is -0.480 e. The summed E-state index contributed by atoms with van der Waals surface area (Å²) in [5.41, 5.74) is 6.68. The second-order valence-electron chi connectivity index (χ2n) is 9.57. The van der Waals surface area contributed by atoms with Crippen LogP contribution in [0.4, 0.5) is 0 Å². The number of carbonyl (C=O) groups excluding carboxylic acids is 4. The van der Waals surface area contributed by atoms with Gasteiger partial charge in [-0.25, -0.2) is 4.79 Å². The third kappa shape index (κ3) is 7.29. The quantitative estimate of drug-likeness (QED) is 0.199. The highest BCUT2D eigenvalue weighted by Crippen LogP contribution is 2.19. The van der Waals surface area contributed by atoms with Crippen LogP contribution >= 0.6 is 0 Å². The number of amides is 4. The molecule has 1 aromatic carbocycles. The Balaban J connectivity index is 1.82. The van der Waals surface area contributed by atoms with Gasteiger partial charge in [0.25, 0.3) is 0 Å². The third-order valence-electron chi connectivity index (χ3n) is 6.38. The van der Waals surface area contributed by atoms with E-state index in [2.05, 4.69) is 26.3 Å². The van der Waals surface area contributed by atoms with Crippen LogP contribution in [-0.2, 0) is 30.4 Å². The van der Waals surface area contributed by atoms with Gasteiger partial charge in [-0.1, -0.05) is 32.0 Å². The van der Waals surface area contributed by atoms with E-state index in [1.165, 1.54) is 0 Å². The molecule has 1 fully saturated rings. The van der Waals surface area contributed by atoms with Crippen molar-refractivity contribution in [3.63, 3.8) is 0 Å². The third-order valence-corrected chi connectivity index (χ3v) is 6.38. The Hall–Kier alpha value is -3.93. The first-order valence-corrected chi connectivity index (χ1v) is 12.3. The molecule has 0 spiro atoms. The molecule has 12 nitrogen and oxygen atoms in total. The van der Waals surface area contributed by atoms with Crippen LogP contribution in [-0.4, -0.2) is 70.4 Å². The molecule has 200 valence electrons. The molecule has 1 saturated heterocycles. The first-order chi connectivity index (χ1) is 17.6. The van der Waals surface area contributed by atoms with Crippen molar-refractivity contribution in [1.29, 1.82) is 0 Å². The van der Waals surface area contributed by atoms with Crippen LogP contribution in [0.15, 0.2) is 30.5 Å². The van der Waals surface area contributed by atoms with Gasteiger partial charge in [0.2, 0.25) is 23.6 Å². The van der Waals surface area contributed by atoms with Crippen molar-refractivity contribution in [2.75, 3.05) is 6.54 Å². The van der Waals surface area contributed by atoms with E-state index in [1.807, 2.05) is 24.3 Å². The van der Waals surface area contributed by atoms with E-state index in [-0.39, 0.29) is 24.3 Å². The van der Waals surface area contributed by atoms with Gasteiger partial charge in [0, 0.05) is 23.5 Å². The number of nitrogens with two attached hydrogens (primary N) is 1. The lowest BCUT2D eigenvalue weighted by Crippen LogP contribution is -2.59. The molecule has 1 aliphatic heterocycles. The molecule has 12 heteroatoms. The molecular formula is C25H34N6O6. The molecule has 0 aliphatic carbocycles. The normalized spacial score (nSPS) is 17.6. The lowest BCUT2D eigenvalue weighted by atomic mass is 10.00. The number of carboxylic acids is 1. The van der Waals surface area contributed by atoms with E-state index in [4.69, 9.17) is 5.73 Å². The Morgan fingerprint density at radius 3 is 2.38 bits per heavy atom. The average Bonchev–Trinajstić information content (AvgIpc) is 3.51.